The van der Waals surface area contributed by atoms with Crippen molar-refractivity contribution < 1.29 is 10.2 Å². The summed E-state index contributed by atoms with van der Waals surface area (Å²) in [6.45, 7) is 1.98. The fraction of sp³-hybridized carbons (Fsp3) is 0.500. The Balaban J connectivity index is 2.17. The predicted octanol–water partition coefficient (Wildman–Crippen LogP) is 0.860. The van der Waals surface area contributed by atoms with Crippen molar-refractivity contribution in [3.8, 4) is 0 Å². The van der Waals surface area contributed by atoms with Crippen LogP contribution in [-0.2, 0) is 13.0 Å². The first-order chi connectivity index (χ1) is 8.22. The standard InChI is InChI=1S/C12H17BrN2O2/c13-11-1-2-12(15-5-8(17)7-16)10-6-14-4-3-9(10)11/h1-2,8,14-17H,3-7H2. The quantitative estimate of drug-likeness (QED) is 0.666. The molecule has 0 amide bonds. The Labute approximate surface area is 109 Å². The highest BCUT2D eigenvalue weighted by Gasteiger charge is 2.15. The molecule has 0 bridgehead atoms. The number of aliphatic hydroxyl groups excluding tert-OH is 2. The second-order valence-corrected chi connectivity index (χ2v) is 5.05. The molecule has 94 valence electrons. The van der Waals surface area contributed by atoms with E-state index in [1.54, 1.807) is 0 Å². The molecule has 1 aromatic rings. The summed E-state index contributed by atoms with van der Waals surface area (Å²) < 4.78 is 1.14. The van der Waals surface area contributed by atoms with Crippen molar-refractivity contribution in [1.82, 2.24) is 5.32 Å². The smallest absolute Gasteiger partial charge is 0.0942 e. The molecule has 0 saturated carbocycles. The van der Waals surface area contributed by atoms with Crippen LogP contribution in [0.25, 0.3) is 0 Å². The van der Waals surface area contributed by atoms with Crippen LogP contribution in [0.2, 0.25) is 0 Å². The third-order valence-electron chi connectivity index (χ3n) is 2.97. The van der Waals surface area contributed by atoms with E-state index in [4.69, 9.17) is 5.11 Å². The number of rotatable bonds is 4. The maximum atomic E-state index is 9.34. The van der Waals surface area contributed by atoms with Gasteiger partial charge in [-0.2, -0.15) is 0 Å². The monoisotopic (exact) mass is 300 g/mol. The van der Waals surface area contributed by atoms with Gasteiger partial charge < -0.3 is 20.8 Å². The number of fused-ring (bicyclic) bond motifs is 1. The fourth-order valence-corrected chi connectivity index (χ4v) is 2.59. The van der Waals surface area contributed by atoms with Crippen LogP contribution in [-0.4, -0.2) is 36.0 Å². The van der Waals surface area contributed by atoms with E-state index >= 15 is 0 Å². The van der Waals surface area contributed by atoms with Gasteiger partial charge in [0.2, 0.25) is 0 Å². The molecule has 4 N–H and O–H groups in total. The second kappa shape index (κ2) is 5.82. The molecule has 1 atom stereocenters. The topological polar surface area (TPSA) is 64.5 Å². The first kappa shape index (κ1) is 12.8. The summed E-state index contributed by atoms with van der Waals surface area (Å²) in [6.07, 6.45) is 0.291. The lowest BCUT2D eigenvalue weighted by atomic mass is 9.99. The predicted molar refractivity (Wildman–Crippen MR) is 71.1 cm³/mol. The largest absolute Gasteiger partial charge is 0.394 e. The van der Waals surface area contributed by atoms with Gasteiger partial charge >= 0.3 is 0 Å². The van der Waals surface area contributed by atoms with Gasteiger partial charge in [0, 0.05) is 23.2 Å². The van der Waals surface area contributed by atoms with E-state index in [0.29, 0.717) is 6.54 Å². The lowest BCUT2D eigenvalue weighted by Crippen LogP contribution is -2.27. The maximum Gasteiger partial charge on any atom is 0.0942 e. The number of halogens is 1. The number of benzene rings is 1. The summed E-state index contributed by atoms with van der Waals surface area (Å²) in [4.78, 5) is 0. The van der Waals surface area contributed by atoms with Crippen LogP contribution in [0, 0.1) is 0 Å². The molecule has 2 rings (SSSR count). The van der Waals surface area contributed by atoms with Crippen LogP contribution in [0.4, 0.5) is 5.69 Å². The van der Waals surface area contributed by atoms with Crippen molar-refractivity contribution in [2.45, 2.75) is 19.1 Å². The van der Waals surface area contributed by atoms with E-state index in [1.165, 1.54) is 11.1 Å². The molecule has 0 radical (unpaired) electrons. The number of nitrogens with one attached hydrogen (secondary N) is 2. The van der Waals surface area contributed by atoms with E-state index in [-0.39, 0.29) is 6.61 Å². The summed E-state index contributed by atoms with van der Waals surface area (Å²) >= 11 is 3.56. The molecule has 0 aliphatic carbocycles. The first-order valence-electron chi connectivity index (χ1n) is 5.76. The zero-order valence-corrected chi connectivity index (χ0v) is 11.1. The van der Waals surface area contributed by atoms with Gasteiger partial charge in [0.15, 0.2) is 0 Å². The molecule has 0 fully saturated rings. The third-order valence-corrected chi connectivity index (χ3v) is 3.71. The average Bonchev–Trinajstić information content (AvgIpc) is 2.38. The van der Waals surface area contributed by atoms with E-state index < -0.39 is 6.10 Å². The van der Waals surface area contributed by atoms with Crippen molar-refractivity contribution in [3.05, 3.63) is 27.7 Å². The van der Waals surface area contributed by atoms with Gasteiger partial charge in [-0.3, -0.25) is 0 Å². The average molecular weight is 301 g/mol. The molecular formula is C12H17BrN2O2. The zero-order chi connectivity index (χ0) is 12.3. The Kier molecular flexibility index (Phi) is 4.39. The minimum absolute atomic E-state index is 0.218. The summed E-state index contributed by atoms with van der Waals surface area (Å²) in [5, 5.41) is 24.6. The van der Waals surface area contributed by atoms with Crippen molar-refractivity contribution in [2.75, 3.05) is 25.0 Å². The van der Waals surface area contributed by atoms with Crippen LogP contribution in [0.3, 0.4) is 0 Å². The lowest BCUT2D eigenvalue weighted by Gasteiger charge is -2.23. The van der Waals surface area contributed by atoms with Crippen molar-refractivity contribution in [1.29, 1.82) is 0 Å². The minimum Gasteiger partial charge on any atom is -0.394 e. The molecule has 1 aliphatic rings. The second-order valence-electron chi connectivity index (χ2n) is 4.20. The molecule has 4 nitrogen and oxygen atoms in total. The molecule has 5 heteroatoms. The molecule has 0 aromatic heterocycles. The highest BCUT2D eigenvalue weighted by atomic mass is 79.9. The van der Waals surface area contributed by atoms with Gasteiger partial charge in [-0.15, -0.1) is 0 Å². The van der Waals surface area contributed by atoms with Gasteiger partial charge in [0.1, 0.15) is 0 Å². The van der Waals surface area contributed by atoms with Gasteiger partial charge in [0.25, 0.3) is 0 Å². The van der Waals surface area contributed by atoms with Crippen LogP contribution in [0.1, 0.15) is 11.1 Å². The molecule has 0 spiro atoms. The molecule has 0 saturated heterocycles. The summed E-state index contributed by atoms with van der Waals surface area (Å²) in [6, 6.07) is 4.03. The minimum atomic E-state index is -0.717. The normalized spacial score (nSPS) is 16.4. The third kappa shape index (κ3) is 2.98. The maximum absolute atomic E-state index is 9.34. The Morgan fingerprint density at radius 2 is 2.24 bits per heavy atom. The summed E-state index contributed by atoms with van der Waals surface area (Å²) in [5.41, 5.74) is 3.60. The van der Waals surface area contributed by atoms with Crippen LogP contribution in [0.15, 0.2) is 16.6 Å². The van der Waals surface area contributed by atoms with E-state index in [9.17, 15) is 5.11 Å². The first-order valence-corrected chi connectivity index (χ1v) is 6.55. The molecule has 1 unspecified atom stereocenters. The van der Waals surface area contributed by atoms with E-state index in [1.807, 2.05) is 12.1 Å². The Bertz CT molecular complexity index is 398. The highest BCUT2D eigenvalue weighted by Crippen LogP contribution is 2.29. The molecule has 1 aromatic carbocycles. The van der Waals surface area contributed by atoms with Crippen LogP contribution in [0.5, 0.6) is 0 Å². The van der Waals surface area contributed by atoms with Crippen molar-refractivity contribution in [2.24, 2.45) is 0 Å². The lowest BCUT2D eigenvalue weighted by molar-refractivity contribution is 0.105. The number of hydrogen-bond acceptors (Lipinski definition) is 4. The van der Waals surface area contributed by atoms with Gasteiger partial charge in [-0.1, -0.05) is 15.9 Å². The molecule has 1 aliphatic heterocycles. The van der Waals surface area contributed by atoms with Crippen LogP contribution < -0.4 is 10.6 Å². The summed E-state index contributed by atoms with van der Waals surface area (Å²) in [5.74, 6) is 0. The molecular weight excluding hydrogens is 284 g/mol. The Hall–Kier alpha value is -0.620. The van der Waals surface area contributed by atoms with Crippen LogP contribution >= 0.6 is 15.9 Å². The number of aliphatic hydroxyl groups is 2. The summed E-state index contributed by atoms with van der Waals surface area (Å²) in [7, 11) is 0. The molecule has 17 heavy (non-hydrogen) atoms. The van der Waals surface area contributed by atoms with Crippen molar-refractivity contribution in [3.63, 3.8) is 0 Å². The zero-order valence-electron chi connectivity index (χ0n) is 9.54. The van der Waals surface area contributed by atoms with Gasteiger partial charge in [0.05, 0.1) is 12.7 Å². The Morgan fingerprint density at radius 3 is 3.00 bits per heavy atom. The SMILES string of the molecule is OCC(O)CNc1ccc(Br)c2c1CNCC2. The fourth-order valence-electron chi connectivity index (χ4n) is 2.02. The number of hydrogen-bond donors (Lipinski definition) is 4. The van der Waals surface area contributed by atoms with Crippen molar-refractivity contribution >= 4 is 21.6 Å². The van der Waals surface area contributed by atoms with Gasteiger partial charge in [-0.05, 0) is 36.2 Å². The molecule has 1 heterocycles. The highest BCUT2D eigenvalue weighted by molar-refractivity contribution is 9.10. The Morgan fingerprint density at radius 1 is 1.41 bits per heavy atom. The van der Waals surface area contributed by atoms with Gasteiger partial charge in [-0.25, -0.2) is 0 Å². The number of anilines is 1. The van der Waals surface area contributed by atoms with E-state index in [2.05, 4.69) is 26.6 Å². The van der Waals surface area contributed by atoms with E-state index in [0.717, 1.165) is 29.7 Å².